The molecule has 5 rings (SSSR count). The van der Waals surface area contributed by atoms with E-state index in [9.17, 15) is 14.4 Å². The van der Waals surface area contributed by atoms with Crippen molar-refractivity contribution in [1.29, 1.82) is 0 Å². The Morgan fingerprint density at radius 3 is 2.78 bits per heavy atom. The fourth-order valence-corrected chi connectivity index (χ4v) is 5.66. The number of carbonyl (C=O) groups is 3. The van der Waals surface area contributed by atoms with Crippen LogP contribution in [0.4, 0.5) is 16.2 Å². The Morgan fingerprint density at radius 2 is 2.04 bits per heavy atom. The Kier molecular flexibility index (Phi) is 3.95. The molecule has 2 saturated carbocycles. The zero-order chi connectivity index (χ0) is 18.5. The van der Waals surface area contributed by atoms with E-state index in [-0.39, 0.29) is 23.9 Å². The molecule has 27 heavy (non-hydrogen) atoms. The second-order valence-corrected chi connectivity index (χ2v) is 8.55. The molecular weight excluding hydrogens is 342 g/mol. The van der Waals surface area contributed by atoms with Gasteiger partial charge in [0.2, 0.25) is 5.91 Å². The highest BCUT2D eigenvalue weighted by Gasteiger charge is 2.48. The van der Waals surface area contributed by atoms with Crippen LogP contribution >= 0.6 is 0 Å². The lowest BCUT2D eigenvalue weighted by Gasteiger charge is -2.21. The van der Waals surface area contributed by atoms with Crippen LogP contribution in [0.15, 0.2) is 24.3 Å². The van der Waals surface area contributed by atoms with E-state index in [0.29, 0.717) is 30.3 Å². The number of nitrogens with one attached hydrogen (secondary N) is 1. The molecule has 0 spiro atoms. The van der Waals surface area contributed by atoms with E-state index in [4.69, 9.17) is 0 Å². The molecular formula is C21H25N3O3. The molecule has 2 heterocycles. The van der Waals surface area contributed by atoms with Crippen molar-refractivity contribution in [3.8, 4) is 0 Å². The number of fused-ring (bicyclic) bond motifs is 3. The molecule has 1 aromatic carbocycles. The van der Waals surface area contributed by atoms with Crippen molar-refractivity contribution in [2.45, 2.75) is 51.0 Å². The zero-order valence-electron chi connectivity index (χ0n) is 15.4. The van der Waals surface area contributed by atoms with Gasteiger partial charge in [0, 0.05) is 18.7 Å². The van der Waals surface area contributed by atoms with Crippen LogP contribution in [0.1, 0.15) is 44.9 Å². The first-order chi connectivity index (χ1) is 13.1. The number of hydrogen-bond donors (Lipinski definition) is 1. The Labute approximate surface area is 158 Å². The average Bonchev–Trinajstić information content (AvgIpc) is 3.40. The van der Waals surface area contributed by atoms with Gasteiger partial charge in [-0.05, 0) is 68.1 Å². The molecule has 2 saturated heterocycles. The molecule has 0 radical (unpaired) electrons. The quantitative estimate of drug-likeness (QED) is 0.830. The van der Waals surface area contributed by atoms with Gasteiger partial charge < -0.3 is 10.2 Å². The maximum Gasteiger partial charge on any atom is 0.332 e. The van der Waals surface area contributed by atoms with Crippen molar-refractivity contribution in [2.24, 2.45) is 17.8 Å². The van der Waals surface area contributed by atoms with E-state index in [1.807, 2.05) is 6.07 Å². The molecule has 1 aromatic rings. The molecule has 6 heteroatoms. The maximum atomic E-state index is 12.6. The summed E-state index contributed by atoms with van der Waals surface area (Å²) in [5, 5.41) is 2.97. The average molecular weight is 367 g/mol. The lowest BCUT2D eigenvalue weighted by molar-refractivity contribution is -0.119. The number of amides is 4. The predicted molar refractivity (Wildman–Crippen MR) is 101 cm³/mol. The number of urea groups is 1. The summed E-state index contributed by atoms with van der Waals surface area (Å²) in [5.41, 5.74) is 1.19. The van der Waals surface area contributed by atoms with Crippen LogP contribution in [0.2, 0.25) is 0 Å². The molecule has 4 atom stereocenters. The molecule has 4 fully saturated rings. The van der Waals surface area contributed by atoms with Crippen LogP contribution in [-0.4, -0.2) is 35.3 Å². The molecule has 4 aliphatic rings. The highest BCUT2D eigenvalue weighted by molar-refractivity contribution is 6.21. The van der Waals surface area contributed by atoms with Gasteiger partial charge in [-0.1, -0.05) is 12.5 Å². The van der Waals surface area contributed by atoms with E-state index in [0.717, 1.165) is 24.7 Å². The van der Waals surface area contributed by atoms with Crippen LogP contribution in [0.3, 0.4) is 0 Å². The van der Waals surface area contributed by atoms with Crippen LogP contribution in [-0.2, 0) is 9.59 Å². The third kappa shape index (κ3) is 2.82. The maximum absolute atomic E-state index is 12.6. The Morgan fingerprint density at radius 1 is 1.15 bits per heavy atom. The number of carbonyl (C=O) groups excluding carboxylic acids is 3. The summed E-state index contributed by atoms with van der Waals surface area (Å²) < 4.78 is 0. The van der Waals surface area contributed by atoms with Crippen molar-refractivity contribution in [3.63, 3.8) is 0 Å². The van der Waals surface area contributed by atoms with Gasteiger partial charge in [0.1, 0.15) is 6.04 Å². The van der Waals surface area contributed by atoms with Gasteiger partial charge in [-0.15, -0.1) is 0 Å². The second kappa shape index (κ2) is 6.36. The van der Waals surface area contributed by atoms with Gasteiger partial charge in [-0.25, -0.2) is 9.69 Å². The van der Waals surface area contributed by atoms with E-state index < -0.39 is 0 Å². The Hall–Kier alpha value is -2.37. The third-order valence-corrected chi connectivity index (χ3v) is 6.92. The summed E-state index contributed by atoms with van der Waals surface area (Å²) in [6, 6.07) is 6.53. The lowest BCUT2D eigenvalue weighted by Crippen LogP contribution is -2.33. The van der Waals surface area contributed by atoms with Crippen molar-refractivity contribution in [1.82, 2.24) is 4.90 Å². The van der Waals surface area contributed by atoms with E-state index in [2.05, 4.69) is 5.32 Å². The minimum absolute atomic E-state index is 0.0318. The molecule has 0 aromatic heterocycles. The second-order valence-electron chi connectivity index (χ2n) is 8.55. The number of hydrogen-bond acceptors (Lipinski definition) is 3. The highest BCUT2D eigenvalue weighted by atomic mass is 16.2. The monoisotopic (exact) mass is 367 g/mol. The first-order valence-corrected chi connectivity index (χ1v) is 10.1. The Balaban J connectivity index is 1.27. The summed E-state index contributed by atoms with van der Waals surface area (Å²) in [6.45, 7) is 0.645. The predicted octanol–water partition coefficient (Wildman–Crippen LogP) is 3.38. The molecule has 0 unspecified atom stereocenters. The normalized spacial score (nSPS) is 31.7. The molecule has 2 aliphatic heterocycles. The molecule has 142 valence electrons. The van der Waals surface area contributed by atoms with Crippen LogP contribution in [0, 0.1) is 17.8 Å². The van der Waals surface area contributed by atoms with E-state index in [1.165, 1.54) is 30.6 Å². The fourth-order valence-electron chi connectivity index (χ4n) is 5.66. The SMILES string of the molecule is O=C(C[C@H]1C[C@H]2CC[C@H]1C2)Nc1cccc(N2C(=O)[C@H]3CCCN3C2=O)c1. The minimum atomic E-state index is -0.312. The topological polar surface area (TPSA) is 69.7 Å². The van der Waals surface area contributed by atoms with Crippen molar-refractivity contribution < 1.29 is 14.4 Å². The van der Waals surface area contributed by atoms with Crippen molar-refractivity contribution >= 4 is 29.2 Å². The van der Waals surface area contributed by atoms with Crippen LogP contribution < -0.4 is 10.2 Å². The van der Waals surface area contributed by atoms with Gasteiger partial charge in [0.25, 0.3) is 5.91 Å². The van der Waals surface area contributed by atoms with E-state index >= 15 is 0 Å². The number of anilines is 2. The minimum Gasteiger partial charge on any atom is -0.326 e. The molecule has 1 N–H and O–H groups in total. The summed E-state index contributed by atoms with van der Waals surface area (Å²) in [6.07, 6.45) is 7.28. The Bertz CT molecular complexity index is 786. The summed E-state index contributed by atoms with van der Waals surface area (Å²) in [5.74, 6) is 1.95. The lowest BCUT2D eigenvalue weighted by atomic mass is 9.86. The van der Waals surface area contributed by atoms with Gasteiger partial charge in [0.05, 0.1) is 5.69 Å². The number of nitrogens with zero attached hydrogens (tertiary/aromatic N) is 2. The van der Waals surface area contributed by atoms with Crippen molar-refractivity contribution in [3.05, 3.63) is 24.3 Å². The standard InChI is InChI=1S/C21H25N3O3/c25-19(11-15-10-13-6-7-14(15)9-13)22-16-3-1-4-17(12-16)24-20(26)18-5-2-8-23(18)21(24)27/h1,3-4,12-15,18H,2,5-11H2,(H,22,25)/t13-,14-,15+,18+/m0/s1. The van der Waals surface area contributed by atoms with Crippen LogP contribution in [0.5, 0.6) is 0 Å². The largest absolute Gasteiger partial charge is 0.332 e. The van der Waals surface area contributed by atoms with Gasteiger partial charge in [-0.2, -0.15) is 0 Å². The van der Waals surface area contributed by atoms with Gasteiger partial charge >= 0.3 is 6.03 Å². The van der Waals surface area contributed by atoms with Gasteiger partial charge in [0.15, 0.2) is 0 Å². The molecule has 2 bridgehead atoms. The first kappa shape index (κ1) is 16.8. The van der Waals surface area contributed by atoms with Crippen molar-refractivity contribution in [2.75, 3.05) is 16.8 Å². The fraction of sp³-hybridized carbons (Fsp3) is 0.571. The molecule has 2 aliphatic carbocycles. The van der Waals surface area contributed by atoms with Crippen LogP contribution in [0.25, 0.3) is 0 Å². The number of imide groups is 1. The molecule has 4 amide bonds. The van der Waals surface area contributed by atoms with Gasteiger partial charge in [-0.3, -0.25) is 9.59 Å². The number of benzene rings is 1. The summed E-state index contributed by atoms with van der Waals surface area (Å²) in [4.78, 5) is 40.6. The third-order valence-electron chi connectivity index (χ3n) is 6.92. The zero-order valence-corrected chi connectivity index (χ0v) is 15.4. The summed E-state index contributed by atoms with van der Waals surface area (Å²) in [7, 11) is 0. The summed E-state index contributed by atoms with van der Waals surface area (Å²) >= 11 is 0. The first-order valence-electron chi connectivity index (χ1n) is 10.1. The highest BCUT2D eigenvalue weighted by Crippen LogP contribution is 2.49. The van der Waals surface area contributed by atoms with E-state index in [1.54, 1.807) is 23.1 Å². The molecule has 6 nitrogen and oxygen atoms in total. The number of rotatable bonds is 4. The smallest absolute Gasteiger partial charge is 0.326 e.